The van der Waals surface area contributed by atoms with Crippen molar-refractivity contribution in [3.63, 3.8) is 0 Å². The van der Waals surface area contributed by atoms with Crippen LogP contribution in [0.4, 0.5) is 0 Å². The Morgan fingerprint density at radius 3 is 2.14 bits per heavy atom. The van der Waals surface area contributed by atoms with Crippen LogP contribution in [0.2, 0.25) is 17.3 Å². The third kappa shape index (κ3) is 8.21. The van der Waals surface area contributed by atoms with Crippen molar-refractivity contribution in [1.29, 1.82) is 0 Å². The van der Waals surface area contributed by atoms with E-state index < -0.39 is 26.5 Å². The molecule has 5 heteroatoms. The first-order valence-electron chi connectivity index (χ1n) is 22.2. The quantitative estimate of drug-likeness (QED) is 0.118. The maximum atomic E-state index is 8.60. The van der Waals surface area contributed by atoms with Gasteiger partial charge in [-0.2, -0.15) is 0 Å². The van der Waals surface area contributed by atoms with Gasteiger partial charge in [0.2, 0.25) is 0 Å². The molecule has 2 aromatic heterocycles. The molecule has 0 bridgehead atoms. The Balaban J connectivity index is 0.000000197. The average molecular weight is 1000 g/mol. The second-order valence-corrected chi connectivity index (χ2v) is 27.2. The van der Waals surface area contributed by atoms with Crippen LogP contribution in [0.5, 0.6) is 0 Å². The van der Waals surface area contributed by atoms with Crippen LogP contribution in [0.1, 0.15) is 56.8 Å². The molecule has 0 unspecified atom stereocenters. The number of rotatable bonds is 7. The van der Waals surface area contributed by atoms with Gasteiger partial charge in [0.05, 0.1) is 16.9 Å². The van der Waals surface area contributed by atoms with Crippen molar-refractivity contribution < 1.29 is 27.0 Å². The predicted molar refractivity (Wildman–Crippen MR) is 243 cm³/mol. The summed E-state index contributed by atoms with van der Waals surface area (Å²) in [5.74, 6) is 7.44. The van der Waals surface area contributed by atoms with Gasteiger partial charge in [-0.25, -0.2) is 0 Å². The van der Waals surface area contributed by atoms with E-state index >= 15 is 0 Å². The Bertz CT molecular complexity index is 2900. The van der Waals surface area contributed by atoms with E-state index in [-0.39, 0.29) is 37.0 Å². The summed E-state index contributed by atoms with van der Waals surface area (Å²) in [4.78, 5) is 9.64. The SMILES string of the molecule is CC1(C)c2c[c-]c(-c3nc4ccccc4n3-c3ccc(-c4ccccc4)cc3)cc2-c2ccccc21.[2H]C([2H])([2H])c1c[c-]c(-c2cc(C([2H])([2H])C(C)C)[c]([Ge]([CH3])([CH3])[CH3])cn2)cc1.[Ir]. The summed E-state index contributed by atoms with van der Waals surface area (Å²) in [6.45, 7) is 6.21. The maximum Gasteiger partial charge on any atom is 0 e. The van der Waals surface area contributed by atoms with Crippen molar-refractivity contribution in [2.24, 2.45) is 5.92 Å². The summed E-state index contributed by atoms with van der Waals surface area (Å²) in [7, 11) is 0. The second-order valence-electron chi connectivity index (χ2n) is 16.7. The Morgan fingerprint density at radius 1 is 0.741 bits per heavy atom. The number of aromatic nitrogens is 3. The minimum Gasteiger partial charge on any atom is 0 e. The van der Waals surface area contributed by atoms with Gasteiger partial charge >= 0.3 is 139 Å². The van der Waals surface area contributed by atoms with E-state index in [1.165, 1.54) is 39.4 Å². The Labute approximate surface area is 368 Å². The molecule has 2 heterocycles. The van der Waals surface area contributed by atoms with Gasteiger partial charge in [-0.1, -0.05) is 98.3 Å². The first kappa shape index (κ1) is 35.1. The van der Waals surface area contributed by atoms with E-state index in [9.17, 15) is 0 Å². The molecular formula is C53H51GeIrN3-2. The van der Waals surface area contributed by atoms with E-state index in [4.69, 9.17) is 11.8 Å². The molecule has 293 valence electrons. The molecule has 0 saturated carbocycles. The van der Waals surface area contributed by atoms with E-state index in [2.05, 4.69) is 162 Å². The third-order valence-corrected chi connectivity index (χ3v) is 15.0. The van der Waals surface area contributed by atoms with Crippen molar-refractivity contribution >= 4 is 28.7 Å². The van der Waals surface area contributed by atoms with Crippen LogP contribution in [0, 0.1) is 24.9 Å². The van der Waals surface area contributed by atoms with Gasteiger partial charge in [0.1, 0.15) is 0 Å². The predicted octanol–water partition coefficient (Wildman–Crippen LogP) is 13.1. The number of nitrogens with zero attached hydrogens (tertiary/aromatic N) is 3. The minimum atomic E-state index is -2.32. The van der Waals surface area contributed by atoms with Gasteiger partial charge in [0.25, 0.3) is 0 Å². The van der Waals surface area contributed by atoms with E-state index in [1.807, 2.05) is 32.2 Å². The van der Waals surface area contributed by atoms with Crippen LogP contribution in [0.3, 0.4) is 0 Å². The summed E-state index contributed by atoms with van der Waals surface area (Å²) in [6, 6.07) is 53.9. The molecule has 0 spiro atoms. The molecule has 1 aliphatic rings. The molecule has 0 N–H and O–H groups in total. The smallest absolute Gasteiger partial charge is 0 e. The first-order valence-corrected chi connectivity index (χ1v) is 27.0. The van der Waals surface area contributed by atoms with Crippen molar-refractivity contribution in [3.8, 4) is 50.6 Å². The van der Waals surface area contributed by atoms with Gasteiger partial charge in [0.15, 0.2) is 0 Å². The van der Waals surface area contributed by atoms with Gasteiger partial charge in [-0.15, -0.1) is 29.3 Å². The molecule has 58 heavy (non-hydrogen) atoms. The number of fused-ring (bicyclic) bond motifs is 4. The van der Waals surface area contributed by atoms with Crippen molar-refractivity contribution in [2.75, 3.05) is 0 Å². The molecular weight excluding hydrogens is 943 g/mol. The molecule has 3 nitrogen and oxygen atoms in total. The minimum absolute atomic E-state index is 0. The van der Waals surface area contributed by atoms with Crippen LogP contribution in [0.15, 0.2) is 146 Å². The molecule has 0 aliphatic heterocycles. The fourth-order valence-electron chi connectivity index (χ4n) is 7.89. The standard InChI is InChI=1S/C34H25N2.C19H26GeN.Ir/c1-34(2)29-13-7-6-12-27(29)28-22-25(18-21-30(28)34)33-35-31-14-8-9-15-32(31)36(33)26-19-16-24(17-20-26)23-10-4-3-5-11-23;1-14(2)11-17-12-19(16-9-7-15(3)8-10-16)21-13-18(17)20(4,5)6;/h3-17,19-22H,1-2H3;7-9,12-14H,11H2,1-6H3;/q2*-1;/i;3D3,11D2;. The van der Waals surface area contributed by atoms with Crippen LogP contribution < -0.4 is 4.40 Å². The molecule has 1 aliphatic carbocycles. The summed E-state index contributed by atoms with van der Waals surface area (Å²) in [5.41, 5.74) is 14.1. The van der Waals surface area contributed by atoms with E-state index in [1.54, 1.807) is 12.1 Å². The molecule has 8 aromatic rings. The summed E-state index contributed by atoms with van der Waals surface area (Å²) in [6.07, 6.45) is 0.362. The number of pyridine rings is 1. The van der Waals surface area contributed by atoms with Gasteiger partial charge in [0, 0.05) is 25.8 Å². The van der Waals surface area contributed by atoms with Gasteiger partial charge < -0.3 is 4.57 Å². The second kappa shape index (κ2) is 16.8. The normalized spacial score (nSPS) is 14.4. The summed E-state index contributed by atoms with van der Waals surface area (Å²) < 4.78 is 42.9. The summed E-state index contributed by atoms with van der Waals surface area (Å²) >= 11 is -2.32. The van der Waals surface area contributed by atoms with Crippen molar-refractivity contribution in [2.45, 2.75) is 63.6 Å². The van der Waals surface area contributed by atoms with Gasteiger partial charge in [-0.3, -0.25) is 4.98 Å². The number of para-hydroxylation sites is 2. The maximum absolute atomic E-state index is 8.60. The number of hydrogen-bond donors (Lipinski definition) is 0. The molecule has 6 aromatic carbocycles. The zero-order valence-electron chi connectivity index (χ0n) is 39.1. The van der Waals surface area contributed by atoms with E-state index in [0.717, 1.165) is 32.5 Å². The van der Waals surface area contributed by atoms with Crippen molar-refractivity contribution in [1.82, 2.24) is 14.5 Å². The fourth-order valence-corrected chi connectivity index (χ4v) is 10.8. The zero-order chi connectivity index (χ0) is 44.2. The van der Waals surface area contributed by atoms with Crippen LogP contribution in [-0.4, -0.2) is 27.8 Å². The Kier molecular flexibility index (Phi) is 10.2. The molecule has 0 fully saturated rings. The molecule has 0 saturated heterocycles. The third-order valence-electron chi connectivity index (χ3n) is 10.8. The van der Waals surface area contributed by atoms with Crippen LogP contribution in [0.25, 0.3) is 61.6 Å². The van der Waals surface area contributed by atoms with Crippen LogP contribution in [-0.2, 0) is 31.9 Å². The van der Waals surface area contributed by atoms with Crippen LogP contribution >= 0.6 is 0 Å². The average Bonchev–Trinajstić information content (AvgIpc) is 3.76. The van der Waals surface area contributed by atoms with Crippen molar-refractivity contribution in [3.05, 3.63) is 180 Å². The van der Waals surface area contributed by atoms with E-state index in [0.29, 0.717) is 16.8 Å². The largest absolute Gasteiger partial charge is 0 e. The first-order chi connectivity index (χ1) is 29.4. The molecule has 0 atom stereocenters. The molecule has 9 rings (SSSR count). The number of imidazole rings is 1. The molecule has 0 amide bonds. The molecule has 1 radical (unpaired) electrons. The van der Waals surface area contributed by atoms with Gasteiger partial charge in [-0.05, 0) is 51.9 Å². The Morgan fingerprint density at radius 2 is 1.43 bits per heavy atom. The number of benzene rings is 6. The Hall–Kier alpha value is -4.87. The summed E-state index contributed by atoms with van der Waals surface area (Å²) in [5, 5.41) is 0. The topological polar surface area (TPSA) is 30.7 Å². The number of aryl methyl sites for hydroxylation is 1. The monoisotopic (exact) mass is 1000 g/mol. The zero-order valence-corrected chi connectivity index (χ0v) is 38.6. The fraction of sp³-hybridized carbons (Fsp3) is 0.208. The number of hydrogen-bond acceptors (Lipinski definition) is 2.